The Morgan fingerprint density at radius 3 is 3.00 bits per heavy atom. The molecule has 0 spiro atoms. The summed E-state index contributed by atoms with van der Waals surface area (Å²) in [6, 6.07) is 1.28. The molecule has 3 heteroatoms. The van der Waals surface area contributed by atoms with E-state index in [9.17, 15) is 0 Å². The lowest BCUT2D eigenvalue weighted by molar-refractivity contribution is 0.517. The maximum Gasteiger partial charge on any atom is 0.0525 e. The van der Waals surface area contributed by atoms with Crippen LogP contribution >= 0.6 is 0 Å². The number of hydrogen-bond acceptors (Lipinski definition) is 2. The molecule has 1 aliphatic rings. The summed E-state index contributed by atoms with van der Waals surface area (Å²) in [5, 5.41) is 7.87. The number of rotatable bonds is 2. The molecule has 0 aromatic carbocycles. The monoisotopic (exact) mass is 193 g/mol. The molecule has 2 rings (SSSR count). The van der Waals surface area contributed by atoms with Gasteiger partial charge in [0.1, 0.15) is 0 Å². The van der Waals surface area contributed by atoms with Crippen molar-refractivity contribution in [2.45, 2.75) is 44.7 Å². The molecule has 1 aliphatic heterocycles. The average Bonchev–Trinajstić information content (AvgIpc) is 2.71. The maximum atomic E-state index is 4.24. The molecule has 0 amide bonds. The summed E-state index contributed by atoms with van der Waals surface area (Å²) < 4.78 is 1.89. The van der Waals surface area contributed by atoms with E-state index in [0.29, 0.717) is 18.0 Å². The largest absolute Gasteiger partial charge is 0.311 e. The van der Waals surface area contributed by atoms with Gasteiger partial charge in [0.15, 0.2) is 0 Å². The van der Waals surface area contributed by atoms with Crippen molar-refractivity contribution in [1.29, 1.82) is 0 Å². The van der Waals surface area contributed by atoms with Gasteiger partial charge in [-0.1, -0.05) is 6.92 Å². The first-order chi connectivity index (χ1) is 6.70. The number of nitrogens with zero attached hydrogens (tertiary/aromatic N) is 2. The zero-order chi connectivity index (χ0) is 10.1. The fourth-order valence-electron chi connectivity index (χ4n) is 2.50. The van der Waals surface area contributed by atoms with Crippen molar-refractivity contribution in [3.05, 3.63) is 18.0 Å². The first-order valence-electron chi connectivity index (χ1n) is 5.45. The predicted molar refractivity (Wildman–Crippen MR) is 57.2 cm³/mol. The smallest absolute Gasteiger partial charge is 0.0525 e. The lowest BCUT2D eigenvalue weighted by atomic mass is 9.92. The molecule has 1 aromatic heterocycles. The lowest BCUT2D eigenvalue weighted by Crippen LogP contribution is -2.28. The van der Waals surface area contributed by atoms with Crippen LogP contribution in [0.1, 0.15) is 38.2 Å². The third-order valence-electron chi connectivity index (χ3n) is 3.18. The van der Waals surface area contributed by atoms with E-state index >= 15 is 0 Å². The number of aryl methyl sites for hydroxylation is 1. The molecule has 3 nitrogen and oxygen atoms in total. The minimum absolute atomic E-state index is 0.634. The second kappa shape index (κ2) is 3.73. The van der Waals surface area contributed by atoms with Crippen LogP contribution < -0.4 is 5.32 Å². The van der Waals surface area contributed by atoms with Gasteiger partial charge in [0.25, 0.3) is 0 Å². The molecule has 0 saturated carbocycles. The fraction of sp³-hybridized carbons (Fsp3) is 0.727. The second-order valence-electron chi connectivity index (χ2n) is 4.37. The van der Waals surface area contributed by atoms with Gasteiger partial charge in [-0.2, -0.15) is 5.10 Å². The molecular weight excluding hydrogens is 174 g/mol. The minimum atomic E-state index is 0.634. The van der Waals surface area contributed by atoms with Gasteiger partial charge in [-0.05, 0) is 25.3 Å². The summed E-state index contributed by atoms with van der Waals surface area (Å²) in [6.07, 6.45) is 6.59. The zero-order valence-corrected chi connectivity index (χ0v) is 9.20. The quantitative estimate of drug-likeness (QED) is 0.774. The molecule has 3 unspecified atom stereocenters. The zero-order valence-electron chi connectivity index (χ0n) is 9.20. The number of aromatic nitrogens is 2. The van der Waals surface area contributed by atoms with Gasteiger partial charge in [0.2, 0.25) is 0 Å². The summed E-state index contributed by atoms with van der Waals surface area (Å²) in [4.78, 5) is 0. The van der Waals surface area contributed by atoms with Crippen LogP contribution in [-0.4, -0.2) is 21.9 Å². The van der Waals surface area contributed by atoms with E-state index in [0.717, 1.165) is 0 Å². The van der Waals surface area contributed by atoms with Gasteiger partial charge in [0.05, 0.1) is 6.20 Å². The van der Waals surface area contributed by atoms with E-state index < -0.39 is 0 Å². The van der Waals surface area contributed by atoms with E-state index in [1.54, 1.807) is 0 Å². The molecule has 78 valence electrons. The Labute approximate surface area is 85.5 Å². The van der Waals surface area contributed by atoms with Crippen LogP contribution in [0, 0.1) is 0 Å². The molecule has 1 aromatic rings. The Morgan fingerprint density at radius 2 is 2.43 bits per heavy atom. The Morgan fingerprint density at radius 1 is 1.64 bits per heavy atom. The molecule has 0 radical (unpaired) electrons. The first kappa shape index (κ1) is 9.71. The summed E-state index contributed by atoms with van der Waals surface area (Å²) in [6.45, 7) is 4.51. The van der Waals surface area contributed by atoms with Crippen molar-refractivity contribution >= 4 is 0 Å². The SMILES string of the molecule is CCC1NC(C)CC1c1cnn(C)c1. The fourth-order valence-corrected chi connectivity index (χ4v) is 2.50. The van der Waals surface area contributed by atoms with Crippen LogP contribution in [0.3, 0.4) is 0 Å². The summed E-state index contributed by atoms with van der Waals surface area (Å²) in [5.74, 6) is 0.656. The van der Waals surface area contributed by atoms with Gasteiger partial charge in [0, 0.05) is 31.2 Å². The average molecular weight is 193 g/mol. The standard InChI is InChI=1S/C11H19N3/c1-4-11-10(5-8(2)13-11)9-6-12-14(3)7-9/h6-8,10-11,13H,4-5H2,1-3H3. The van der Waals surface area contributed by atoms with E-state index in [4.69, 9.17) is 0 Å². The van der Waals surface area contributed by atoms with E-state index in [-0.39, 0.29) is 0 Å². The van der Waals surface area contributed by atoms with E-state index in [2.05, 4.69) is 30.5 Å². The highest BCUT2D eigenvalue weighted by atomic mass is 15.2. The summed E-state index contributed by atoms with van der Waals surface area (Å²) in [7, 11) is 1.98. The number of nitrogens with one attached hydrogen (secondary N) is 1. The van der Waals surface area contributed by atoms with Crippen LogP contribution in [0.15, 0.2) is 12.4 Å². The summed E-state index contributed by atoms with van der Waals surface area (Å²) >= 11 is 0. The molecule has 2 heterocycles. The number of hydrogen-bond donors (Lipinski definition) is 1. The van der Waals surface area contributed by atoms with Crippen LogP contribution in [0.25, 0.3) is 0 Å². The molecular formula is C11H19N3. The highest BCUT2D eigenvalue weighted by Crippen LogP contribution is 2.31. The molecule has 0 bridgehead atoms. The third kappa shape index (κ3) is 1.69. The van der Waals surface area contributed by atoms with E-state index in [1.165, 1.54) is 18.4 Å². The van der Waals surface area contributed by atoms with Gasteiger partial charge in [-0.25, -0.2) is 0 Å². The molecule has 3 atom stereocenters. The molecule has 1 fully saturated rings. The highest BCUT2D eigenvalue weighted by molar-refractivity contribution is 5.17. The van der Waals surface area contributed by atoms with Gasteiger partial charge in [-0.15, -0.1) is 0 Å². The van der Waals surface area contributed by atoms with Crippen LogP contribution in [0.4, 0.5) is 0 Å². The highest BCUT2D eigenvalue weighted by Gasteiger charge is 2.31. The van der Waals surface area contributed by atoms with Crippen molar-refractivity contribution in [3.63, 3.8) is 0 Å². The Kier molecular flexibility index (Phi) is 2.59. The van der Waals surface area contributed by atoms with Crippen molar-refractivity contribution < 1.29 is 0 Å². The molecule has 14 heavy (non-hydrogen) atoms. The van der Waals surface area contributed by atoms with Crippen molar-refractivity contribution in [2.75, 3.05) is 0 Å². The summed E-state index contributed by atoms with van der Waals surface area (Å²) in [5.41, 5.74) is 1.39. The normalized spacial score (nSPS) is 32.4. The van der Waals surface area contributed by atoms with Gasteiger partial charge < -0.3 is 5.32 Å². The molecule has 1 saturated heterocycles. The second-order valence-corrected chi connectivity index (χ2v) is 4.37. The van der Waals surface area contributed by atoms with Crippen molar-refractivity contribution in [1.82, 2.24) is 15.1 Å². The Balaban J connectivity index is 2.17. The molecule has 0 aliphatic carbocycles. The van der Waals surface area contributed by atoms with Gasteiger partial charge in [-0.3, -0.25) is 4.68 Å². The molecule has 1 N–H and O–H groups in total. The van der Waals surface area contributed by atoms with Crippen LogP contribution in [0.5, 0.6) is 0 Å². The van der Waals surface area contributed by atoms with Crippen molar-refractivity contribution in [3.8, 4) is 0 Å². The maximum absolute atomic E-state index is 4.24. The first-order valence-corrected chi connectivity index (χ1v) is 5.45. The van der Waals surface area contributed by atoms with Crippen LogP contribution in [0.2, 0.25) is 0 Å². The van der Waals surface area contributed by atoms with E-state index in [1.807, 2.05) is 17.9 Å². The topological polar surface area (TPSA) is 29.9 Å². The Bertz CT molecular complexity index is 305. The minimum Gasteiger partial charge on any atom is -0.311 e. The lowest BCUT2D eigenvalue weighted by Gasteiger charge is -2.15. The van der Waals surface area contributed by atoms with Gasteiger partial charge >= 0.3 is 0 Å². The predicted octanol–water partition coefficient (Wildman–Crippen LogP) is 1.66. The Hall–Kier alpha value is -0.830. The third-order valence-corrected chi connectivity index (χ3v) is 3.18. The van der Waals surface area contributed by atoms with Crippen molar-refractivity contribution in [2.24, 2.45) is 7.05 Å². The van der Waals surface area contributed by atoms with Crippen LogP contribution in [-0.2, 0) is 7.05 Å².